The Morgan fingerprint density at radius 2 is 1.64 bits per heavy atom. The van der Waals surface area contributed by atoms with Gasteiger partial charge in [0.25, 0.3) is 11.8 Å². The summed E-state index contributed by atoms with van der Waals surface area (Å²) >= 11 is 0. The molecule has 2 heterocycles. The lowest BCUT2D eigenvalue weighted by Gasteiger charge is -2.32. The van der Waals surface area contributed by atoms with Gasteiger partial charge < -0.3 is 20.3 Å². The molecule has 1 aliphatic rings. The van der Waals surface area contributed by atoms with Crippen LogP contribution in [0.4, 0.5) is 17.3 Å². The van der Waals surface area contributed by atoms with E-state index in [1.807, 2.05) is 51.7 Å². The van der Waals surface area contributed by atoms with Crippen LogP contribution in [0.15, 0.2) is 48.5 Å². The van der Waals surface area contributed by atoms with E-state index in [-0.39, 0.29) is 23.5 Å². The molecular formula is C34H40N6O4. The van der Waals surface area contributed by atoms with Crippen molar-refractivity contribution < 1.29 is 19.1 Å². The number of nitriles is 1. The van der Waals surface area contributed by atoms with Crippen LogP contribution in [-0.2, 0) is 14.9 Å². The number of nitrogens with one attached hydrogen (secondary N) is 2. The number of ether oxygens (including phenoxy) is 1. The fourth-order valence-electron chi connectivity index (χ4n) is 4.85. The van der Waals surface area contributed by atoms with Gasteiger partial charge in [0.05, 0.1) is 17.4 Å². The molecule has 0 bridgehead atoms. The summed E-state index contributed by atoms with van der Waals surface area (Å²) in [6, 6.07) is 16.1. The molecule has 0 unspecified atom stereocenters. The first-order valence-electron chi connectivity index (χ1n) is 14.7. The minimum atomic E-state index is -0.729. The molecular weight excluding hydrogens is 556 g/mol. The van der Waals surface area contributed by atoms with Gasteiger partial charge >= 0.3 is 5.97 Å². The molecule has 0 aliphatic carbocycles. The third kappa shape index (κ3) is 7.98. The van der Waals surface area contributed by atoms with Crippen molar-refractivity contribution in [1.82, 2.24) is 9.97 Å². The molecule has 1 saturated heterocycles. The number of esters is 1. The summed E-state index contributed by atoms with van der Waals surface area (Å²) in [7, 11) is 0. The van der Waals surface area contributed by atoms with Crippen LogP contribution in [0, 0.1) is 31.1 Å². The van der Waals surface area contributed by atoms with E-state index in [0.717, 1.165) is 11.1 Å². The van der Waals surface area contributed by atoms with Crippen molar-refractivity contribution in [3.63, 3.8) is 0 Å². The third-order valence-electron chi connectivity index (χ3n) is 7.46. The van der Waals surface area contributed by atoms with Crippen molar-refractivity contribution in [2.75, 3.05) is 28.6 Å². The van der Waals surface area contributed by atoms with E-state index in [0.29, 0.717) is 54.5 Å². The maximum absolute atomic E-state index is 13.3. The van der Waals surface area contributed by atoms with Gasteiger partial charge in [0.1, 0.15) is 11.3 Å². The van der Waals surface area contributed by atoms with Crippen LogP contribution in [0.1, 0.15) is 85.1 Å². The van der Waals surface area contributed by atoms with Crippen LogP contribution in [0.3, 0.4) is 0 Å². The lowest BCUT2D eigenvalue weighted by atomic mass is 9.85. The molecule has 2 amide bonds. The molecule has 1 aliphatic heterocycles. The van der Waals surface area contributed by atoms with Gasteiger partial charge in [0, 0.05) is 35.7 Å². The molecule has 3 aromatic rings. The Kier molecular flexibility index (Phi) is 9.38. The molecule has 1 aromatic heterocycles. The zero-order valence-electron chi connectivity index (χ0n) is 26.4. The quantitative estimate of drug-likeness (QED) is 0.319. The number of anilines is 3. The summed E-state index contributed by atoms with van der Waals surface area (Å²) in [5.41, 5.74) is 2.63. The zero-order chi connectivity index (χ0) is 32.2. The second kappa shape index (κ2) is 12.8. The number of carbonyl (C=O) groups is 3. The lowest BCUT2D eigenvalue weighted by Crippen LogP contribution is -2.39. The van der Waals surface area contributed by atoms with E-state index in [1.54, 1.807) is 50.2 Å². The fourth-order valence-corrected chi connectivity index (χ4v) is 4.85. The molecule has 2 N–H and O–H groups in total. The Bertz CT molecular complexity index is 1610. The summed E-state index contributed by atoms with van der Waals surface area (Å²) in [6.45, 7) is 14.0. The van der Waals surface area contributed by atoms with E-state index >= 15 is 0 Å². The minimum Gasteiger partial charge on any atom is -0.460 e. The predicted molar refractivity (Wildman–Crippen MR) is 170 cm³/mol. The first-order valence-corrected chi connectivity index (χ1v) is 14.7. The highest BCUT2D eigenvalue weighted by atomic mass is 16.6. The van der Waals surface area contributed by atoms with Crippen molar-refractivity contribution in [3.05, 3.63) is 76.6 Å². The second-order valence-electron chi connectivity index (χ2n) is 12.7. The molecule has 4 rings (SSSR count). The van der Waals surface area contributed by atoms with Gasteiger partial charge in [0.15, 0.2) is 0 Å². The first kappa shape index (κ1) is 32.1. The molecule has 0 spiro atoms. The Labute approximate surface area is 258 Å². The SMILES string of the molecule is Cc1cc(C(=O)Nc2cc(NC(=O)c3cccc(C(C)(C)C#N)c3)ccc2C)nc(N2CCC(C(=O)OC(C)(C)C)CC2)n1. The number of hydrogen-bond acceptors (Lipinski definition) is 8. The maximum Gasteiger partial charge on any atom is 0.309 e. The summed E-state index contributed by atoms with van der Waals surface area (Å²) in [5, 5.41) is 15.3. The van der Waals surface area contributed by atoms with Gasteiger partial charge in [0.2, 0.25) is 5.95 Å². The number of hydrogen-bond donors (Lipinski definition) is 2. The fraction of sp³-hybridized carbons (Fsp3) is 0.412. The van der Waals surface area contributed by atoms with Crippen LogP contribution in [0.25, 0.3) is 0 Å². The van der Waals surface area contributed by atoms with Crippen molar-refractivity contribution >= 4 is 35.1 Å². The minimum absolute atomic E-state index is 0.179. The van der Waals surface area contributed by atoms with Gasteiger partial charge in [-0.2, -0.15) is 5.26 Å². The van der Waals surface area contributed by atoms with Gasteiger partial charge in [-0.1, -0.05) is 18.2 Å². The molecule has 230 valence electrons. The number of nitrogens with zero attached hydrogens (tertiary/aromatic N) is 4. The monoisotopic (exact) mass is 596 g/mol. The van der Waals surface area contributed by atoms with Gasteiger partial charge in [-0.3, -0.25) is 14.4 Å². The molecule has 2 aromatic carbocycles. The number of amides is 2. The highest BCUT2D eigenvalue weighted by Gasteiger charge is 2.30. The van der Waals surface area contributed by atoms with Crippen LogP contribution in [-0.4, -0.2) is 46.4 Å². The maximum atomic E-state index is 13.3. The molecule has 1 fully saturated rings. The van der Waals surface area contributed by atoms with Crippen LogP contribution < -0.4 is 15.5 Å². The highest BCUT2D eigenvalue weighted by Crippen LogP contribution is 2.26. The number of carbonyl (C=O) groups excluding carboxylic acids is 3. The van der Waals surface area contributed by atoms with Crippen LogP contribution in [0.2, 0.25) is 0 Å². The lowest BCUT2D eigenvalue weighted by molar-refractivity contribution is -0.160. The number of aryl methyl sites for hydroxylation is 2. The van der Waals surface area contributed by atoms with E-state index in [4.69, 9.17) is 4.74 Å². The molecule has 0 atom stereocenters. The zero-order valence-corrected chi connectivity index (χ0v) is 26.4. The Balaban J connectivity index is 1.44. The van der Waals surface area contributed by atoms with Crippen LogP contribution >= 0.6 is 0 Å². The summed E-state index contributed by atoms with van der Waals surface area (Å²) in [4.78, 5) is 50.0. The third-order valence-corrected chi connectivity index (χ3v) is 7.46. The standard InChI is InChI=1S/C34H40N6O4/c1-21-11-12-26(37-29(41)24-9-8-10-25(18-24)34(6,7)20-35)19-27(21)38-30(42)28-17-22(2)36-32(39-28)40-15-13-23(14-16-40)31(43)44-33(3,4)5/h8-12,17-19,23H,13-16H2,1-7H3,(H,37,41)(H,38,42). The van der Waals surface area contributed by atoms with Gasteiger partial charge in [-0.05, 0) is 103 Å². The largest absolute Gasteiger partial charge is 0.460 e. The Morgan fingerprint density at radius 1 is 0.932 bits per heavy atom. The van der Waals surface area contributed by atoms with Crippen molar-refractivity contribution in [1.29, 1.82) is 5.26 Å². The van der Waals surface area contributed by atoms with Gasteiger partial charge in [-0.15, -0.1) is 0 Å². The average molecular weight is 597 g/mol. The van der Waals surface area contributed by atoms with Crippen molar-refractivity contribution in [3.8, 4) is 6.07 Å². The smallest absolute Gasteiger partial charge is 0.309 e. The normalized spacial score (nSPS) is 14.0. The topological polar surface area (TPSA) is 137 Å². The number of benzene rings is 2. The number of piperidine rings is 1. The van der Waals surface area contributed by atoms with E-state index in [9.17, 15) is 19.6 Å². The summed E-state index contributed by atoms with van der Waals surface area (Å²) in [5.74, 6) is -0.654. The van der Waals surface area contributed by atoms with E-state index in [2.05, 4.69) is 26.7 Å². The highest BCUT2D eigenvalue weighted by molar-refractivity contribution is 6.06. The van der Waals surface area contributed by atoms with Gasteiger partial charge in [-0.25, -0.2) is 9.97 Å². The Hall–Kier alpha value is -4.78. The van der Waals surface area contributed by atoms with Crippen molar-refractivity contribution in [2.45, 2.75) is 72.3 Å². The molecule has 44 heavy (non-hydrogen) atoms. The van der Waals surface area contributed by atoms with E-state index < -0.39 is 16.9 Å². The molecule has 10 heteroatoms. The summed E-state index contributed by atoms with van der Waals surface area (Å²) in [6.07, 6.45) is 1.23. The molecule has 10 nitrogen and oxygen atoms in total. The van der Waals surface area contributed by atoms with Crippen LogP contribution in [0.5, 0.6) is 0 Å². The van der Waals surface area contributed by atoms with E-state index in [1.165, 1.54) is 0 Å². The second-order valence-corrected chi connectivity index (χ2v) is 12.7. The number of aromatic nitrogens is 2. The summed E-state index contributed by atoms with van der Waals surface area (Å²) < 4.78 is 5.55. The predicted octanol–water partition coefficient (Wildman–Crippen LogP) is 5.96. The molecule has 0 saturated carbocycles. The molecule has 0 radical (unpaired) electrons. The average Bonchev–Trinajstić information content (AvgIpc) is 2.97. The first-order chi connectivity index (χ1) is 20.6. The van der Waals surface area contributed by atoms with Crippen molar-refractivity contribution in [2.24, 2.45) is 5.92 Å². The number of rotatable bonds is 7. The Morgan fingerprint density at radius 3 is 2.30 bits per heavy atom.